The highest BCUT2D eigenvalue weighted by Crippen LogP contribution is 2.30. The van der Waals surface area contributed by atoms with Crippen molar-refractivity contribution in [1.82, 2.24) is 14.8 Å². The fourth-order valence-electron chi connectivity index (χ4n) is 1.72. The number of ether oxygens (including phenoxy) is 1. The Labute approximate surface area is 129 Å². The number of nitrogens with zero attached hydrogens (tertiary/aromatic N) is 3. The zero-order valence-electron chi connectivity index (χ0n) is 10.2. The third-order valence-electron chi connectivity index (χ3n) is 2.64. The average molecular weight is 365 g/mol. The highest BCUT2D eigenvalue weighted by Gasteiger charge is 2.15. The van der Waals surface area contributed by atoms with Crippen LogP contribution in [-0.4, -0.2) is 28.5 Å². The molecule has 0 N–H and O–H groups in total. The van der Waals surface area contributed by atoms with Crippen molar-refractivity contribution in [3.8, 4) is 11.4 Å². The lowest BCUT2D eigenvalue weighted by atomic mass is 10.2. The zero-order chi connectivity index (χ0) is 13.8. The van der Waals surface area contributed by atoms with E-state index in [4.69, 9.17) is 27.9 Å². The van der Waals surface area contributed by atoms with Gasteiger partial charge in [0.2, 0.25) is 0 Å². The molecule has 0 radical (unpaired) electrons. The Morgan fingerprint density at radius 1 is 1.37 bits per heavy atom. The molecule has 102 valence electrons. The van der Waals surface area contributed by atoms with Gasteiger partial charge in [-0.3, -0.25) is 0 Å². The molecule has 0 aliphatic carbocycles. The molecule has 2 aromatic rings. The second-order valence-corrected chi connectivity index (χ2v) is 5.40. The maximum Gasteiger partial charge on any atom is 0.165 e. The molecule has 1 heterocycles. The molecule has 0 bridgehead atoms. The molecule has 0 atom stereocenters. The van der Waals surface area contributed by atoms with Crippen LogP contribution in [0.15, 0.2) is 22.7 Å². The third-order valence-corrected chi connectivity index (χ3v) is 3.80. The van der Waals surface area contributed by atoms with Crippen molar-refractivity contribution in [3.05, 3.63) is 33.5 Å². The molecule has 7 heteroatoms. The lowest BCUT2D eigenvalue weighted by molar-refractivity contribution is 0.187. The maximum absolute atomic E-state index is 6.04. The summed E-state index contributed by atoms with van der Waals surface area (Å²) in [5.41, 5.74) is 0.882. The first-order valence-electron chi connectivity index (χ1n) is 5.59. The van der Waals surface area contributed by atoms with Gasteiger partial charge in [0.15, 0.2) is 5.82 Å². The number of hydrogen-bond acceptors (Lipinski definition) is 3. The van der Waals surface area contributed by atoms with E-state index in [0.717, 1.165) is 15.9 Å². The summed E-state index contributed by atoms with van der Waals surface area (Å²) in [6.45, 7) is 1.20. The summed E-state index contributed by atoms with van der Waals surface area (Å²) in [6.07, 6.45) is 0. The van der Waals surface area contributed by atoms with E-state index in [1.54, 1.807) is 7.11 Å². The lowest BCUT2D eigenvalue weighted by Gasteiger charge is -2.10. The van der Waals surface area contributed by atoms with Gasteiger partial charge >= 0.3 is 0 Å². The van der Waals surface area contributed by atoms with Crippen molar-refractivity contribution < 1.29 is 4.74 Å². The number of methoxy groups -OCH3 is 1. The average Bonchev–Trinajstić information content (AvgIpc) is 2.81. The normalized spacial score (nSPS) is 10.9. The van der Waals surface area contributed by atoms with E-state index in [1.165, 1.54) is 0 Å². The van der Waals surface area contributed by atoms with Crippen molar-refractivity contribution in [2.24, 2.45) is 0 Å². The smallest absolute Gasteiger partial charge is 0.165 e. The monoisotopic (exact) mass is 363 g/mol. The molecule has 2 rings (SSSR count). The predicted molar refractivity (Wildman–Crippen MR) is 79.6 cm³/mol. The molecule has 4 nitrogen and oxygen atoms in total. The summed E-state index contributed by atoms with van der Waals surface area (Å²) in [5, 5.41) is 8.94. The first-order valence-corrected chi connectivity index (χ1v) is 7.30. The molecule has 0 amide bonds. The van der Waals surface area contributed by atoms with Crippen molar-refractivity contribution >= 4 is 39.1 Å². The van der Waals surface area contributed by atoms with Crippen molar-refractivity contribution in [3.63, 3.8) is 0 Å². The molecular weight excluding hydrogens is 353 g/mol. The molecular formula is C12H12BrCl2N3O. The Morgan fingerprint density at radius 3 is 2.84 bits per heavy atom. The first-order chi connectivity index (χ1) is 9.17. The van der Waals surface area contributed by atoms with Gasteiger partial charge in [-0.2, -0.15) is 0 Å². The van der Waals surface area contributed by atoms with E-state index in [1.807, 2.05) is 22.8 Å². The minimum absolute atomic E-state index is 0.300. The van der Waals surface area contributed by atoms with E-state index in [2.05, 4.69) is 26.1 Å². The highest BCUT2D eigenvalue weighted by atomic mass is 79.9. The molecule has 19 heavy (non-hydrogen) atoms. The highest BCUT2D eigenvalue weighted by molar-refractivity contribution is 9.10. The van der Waals surface area contributed by atoms with E-state index in [-0.39, 0.29) is 0 Å². The Kier molecular flexibility index (Phi) is 5.21. The molecule has 0 spiro atoms. The van der Waals surface area contributed by atoms with Gasteiger partial charge < -0.3 is 9.30 Å². The second kappa shape index (κ2) is 6.70. The number of hydrogen-bond donors (Lipinski definition) is 0. The van der Waals surface area contributed by atoms with E-state index < -0.39 is 0 Å². The van der Waals surface area contributed by atoms with Crippen LogP contribution in [0.4, 0.5) is 0 Å². The summed E-state index contributed by atoms with van der Waals surface area (Å²) >= 11 is 15.4. The van der Waals surface area contributed by atoms with Gasteiger partial charge in [0.05, 0.1) is 12.5 Å². The van der Waals surface area contributed by atoms with Gasteiger partial charge in [0.1, 0.15) is 5.82 Å². The number of aromatic nitrogens is 3. The van der Waals surface area contributed by atoms with E-state index in [0.29, 0.717) is 29.9 Å². The predicted octanol–water partition coefficient (Wildman–Crippen LogP) is 3.75. The molecule has 0 saturated carbocycles. The fourth-order valence-corrected chi connectivity index (χ4v) is 2.51. The molecule has 1 aromatic heterocycles. The van der Waals surface area contributed by atoms with Crippen LogP contribution in [0.3, 0.4) is 0 Å². The van der Waals surface area contributed by atoms with Gasteiger partial charge in [-0.15, -0.1) is 21.8 Å². The first kappa shape index (κ1) is 14.8. The SMILES string of the molecule is COCCn1c(CCl)nnc1-c1cc(Cl)ccc1Br. The van der Waals surface area contributed by atoms with Crippen LogP contribution >= 0.6 is 39.1 Å². The van der Waals surface area contributed by atoms with E-state index in [9.17, 15) is 0 Å². The van der Waals surface area contributed by atoms with Crippen molar-refractivity contribution in [2.75, 3.05) is 13.7 Å². The standard InChI is InChI=1S/C12H12BrCl2N3O/c1-19-5-4-18-11(7-14)16-17-12(18)9-6-8(15)2-3-10(9)13/h2-3,6H,4-5,7H2,1H3. The van der Waals surface area contributed by atoms with E-state index >= 15 is 0 Å². The largest absolute Gasteiger partial charge is 0.383 e. The van der Waals surface area contributed by atoms with Crippen LogP contribution in [0.1, 0.15) is 5.82 Å². The Hall–Kier alpha value is -0.620. The lowest BCUT2D eigenvalue weighted by Crippen LogP contribution is -2.09. The molecule has 0 aliphatic rings. The fraction of sp³-hybridized carbons (Fsp3) is 0.333. The van der Waals surface area contributed by atoms with Crippen LogP contribution in [-0.2, 0) is 17.2 Å². The van der Waals surface area contributed by atoms with Crippen molar-refractivity contribution in [1.29, 1.82) is 0 Å². The van der Waals surface area contributed by atoms with Crippen molar-refractivity contribution in [2.45, 2.75) is 12.4 Å². The number of rotatable bonds is 5. The number of benzene rings is 1. The van der Waals surface area contributed by atoms with Gasteiger partial charge in [-0.25, -0.2) is 0 Å². The minimum atomic E-state index is 0.300. The van der Waals surface area contributed by atoms with Crippen LogP contribution in [0.2, 0.25) is 5.02 Å². The quantitative estimate of drug-likeness (QED) is 0.758. The van der Waals surface area contributed by atoms with Gasteiger partial charge in [-0.1, -0.05) is 27.5 Å². The summed E-state index contributed by atoms with van der Waals surface area (Å²) in [5.74, 6) is 1.73. The third kappa shape index (κ3) is 3.28. The number of alkyl halides is 1. The number of halogens is 3. The van der Waals surface area contributed by atoms with Gasteiger partial charge in [-0.05, 0) is 18.2 Å². The summed E-state index contributed by atoms with van der Waals surface area (Å²) in [6, 6.07) is 5.54. The topological polar surface area (TPSA) is 39.9 Å². The molecule has 0 unspecified atom stereocenters. The molecule has 0 saturated heterocycles. The summed E-state index contributed by atoms with van der Waals surface area (Å²) in [4.78, 5) is 0. The van der Waals surface area contributed by atoms with Crippen LogP contribution in [0.5, 0.6) is 0 Å². The second-order valence-electron chi connectivity index (χ2n) is 3.84. The molecule has 0 fully saturated rings. The van der Waals surface area contributed by atoms with Crippen LogP contribution < -0.4 is 0 Å². The van der Waals surface area contributed by atoms with Crippen LogP contribution in [0, 0.1) is 0 Å². The summed E-state index contributed by atoms with van der Waals surface area (Å²) < 4.78 is 7.95. The maximum atomic E-state index is 6.04. The Balaban J connectivity index is 2.49. The molecule has 1 aromatic carbocycles. The van der Waals surface area contributed by atoms with Gasteiger partial charge in [0, 0.05) is 28.7 Å². The summed E-state index contributed by atoms with van der Waals surface area (Å²) in [7, 11) is 1.65. The zero-order valence-corrected chi connectivity index (χ0v) is 13.3. The Morgan fingerprint density at radius 2 is 2.16 bits per heavy atom. The van der Waals surface area contributed by atoms with Crippen LogP contribution in [0.25, 0.3) is 11.4 Å². The van der Waals surface area contributed by atoms with Gasteiger partial charge in [0.25, 0.3) is 0 Å². The molecule has 0 aliphatic heterocycles. The minimum Gasteiger partial charge on any atom is -0.383 e. The Bertz CT molecular complexity index is 574.